The van der Waals surface area contributed by atoms with Crippen LogP contribution < -0.4 is 40.2 Å². The lowest BCUT2D eigenvalue weighted by Crippen LogP contribution is -2.39. The van der Waals surface area contributed by atoms with E-state index in [-0.39, 0.29) is 0 Å². The Kier molecular flexibility index (Phi) is 29.3. The molecule has 8 aliphatic carbocycles. The van der Waals surface area contributed by atoms with Gasteiger partial charge in [0.2, 0.25) is 0 Å². The molecular weight excluding hydrogens is 1530 g/mol. The van der Waals surface area contributed by atoms with Crippen LogP contribution in [0.25, 0.3) is 136 Å². The number of hydrogen-bond acceptors (Lipinski definition) is 8. The predicted molar refractivity (Wildman–Crippen MR) is 454 cm³/mol. The molecule has 8 aliphatic rings. The van der Waals surface area contributed by atoms with Crippen molar-refractivity contribution in [2.24, 2.45) is 0 Å². The molecule has 0 radical (unpaired) electrons. The first-order valence-electron chi connectivity index (χ1n) is 38.3. The second-order valence-electron chi connectivity index (χ2n) is 27.3. The van der Waals surface area contributed by atoms with Crippen molar-refractivity contribution in [3.05, 3.63) is 382 Å². The van der Waals surface area contributed by atoms with E-state index in [1.807, 2.05) is 146 Å². The van der Waals surface area contributed by atoms with E-state index >= 15 is 0 Å². The summed E-state index contributed by atoms with van der Waals surface area (Å²) in [7, 11) is -12.7. The maximum Gasteiger partial charge on any atom is 0.360 e. The van der Waals surface area contributed by atoms with Gasteiger partial charge in [0, 0.05) is 48.5 Å². The van der Waals surface area contributed by atoms with Gasteiger partial charge in [0.1, 0.15) is 29.6 Å². The number of rotatable bonds is 0. The first-order chi connectivity index (χ1) is 58.4. The molecule has 0 aliphatic heterocycles. The fourth-order valence-electron chi connectivity index (χ4n) is 13.8. The van der Waals surface area contributed by atoms with Crippen LogP contribution in [0.4, 0.5) is 17.3 Å². The van der Waals surface area contributed by atoms with Crippen molar-refractivity contribution in [3.63, 3.8) is 0 Å². The van der Waals surface area contributed by atoms with Gasteiger partial charge in [0.05, 0.1) is 139 Å². The minimum Gasteiger partial charge on any atom is -0.867 e. The van der Waals surface area contributed by atoms with Gasteiger partial charge in [-0.25, -0.2) is 35.3 Å². The topological polar surface area (TPSA) is 275 Å². The van der Waals surface area contributed by atoms with Gasteiger partial charge in [-0.3, -0.25) is 0 Å². The summed E-state index contributed by atoms with van der Waals surface area (Å²) in [6.07, 6.45) is 41.4. The number of halogens is 4. The van der Waals surface area contributed by atoms with Gasteiger partial charge in [-0.1, -0.05) is 146 Å². The second kappa shape index (κ2) is 41.6. The first kappa shape index (κ1) is 84.5. The Morgan fingerprint density at radius 2 is 0.275 bits per heavy atom. The molecule has 120 heavy (non-hydrogen) atoms. The summed E-state index contributed by atoms with van der Waals surface area (Å²) < 4.78 is 85.5. The van der Waals surface area contributed by atoms with Crippen molar-refractivity contribution >= 4 is 166 Å². The third-order valence-corrected chi connectivity index (χ3v) is 19.1. The SMILES string of the molecule is C1=Cc2cc3ccccc3[o+]c2C1.C1=Cc2cc3ccccc3[o+]c2C1.C1=Cc2cc3ccccc3[o+]c2C1.C1=Cc2cc3ccccc3[o+]c2C1.C1=Cc2cc3ccccc3[o+]c2C1.C1=Cc2cc3ccccc3[o+]c2C1.C1=Cc2cc3ccccc3[o+]c2C1.C1=Cc2cc3ccccc3[o+]c2C1.[O-]B([O-])F.[O-]B([O-])F.[O-]B([O-])F.[O-]B([O-])F. The molecule has 0 saturated heterocycles. The van der Waals surface area contributed by atoms with Crippen molar-refractivity contribution in [2.75, 3.05) is 0 Å². The molecule has 8 heterocycles. The lowest BCUT2D eigenvalue weighted by molar-refractivity contribution is -0.368. The monoisotopic (exact) mass is 1600 g/mol. The first-order valence-corrected chi connectivity index (χ1v) is 38.3. The molecule has 0 unspecified atom stereocenters. The molecule has 0 bridgehead atoms. The third-order valence-electron chi connectivity index (χ3n) is 19.1. The van der Waals surface area contributed by atoms with Crippen LogP contribution in [0.3, 0.4) is 0 Å². The number of benzene rings is 8. The number of fused-ring (bicyclic) bond motifs is 16. The lowest BCUT2D eigenvalue weighted by atomic mass is 10.1. The summed E-state index contributed by atoms with van der Waals surface area (Å²) in [5, 5.41) is 75.8. The van der Waals surface area contributed by atoms with Crippen molar-refractivity contribution in [1.82, 2.24) is 0 Å². The fourth-order valence-corrected chi connectivity index (χ4v) is 13.8. The van der Waals surface area contributed by atoms with E-state index in [4.69, 9.17) is 75.5 Å². The van der Waals surface area contributed by atoms with Gasteiger partial charge in [-0.05, 0) is 146 Å². The Hall–Kier alpha value is -13.4. The van der Waals surface area contributed by atoms with Crippen molar-refractivity contribution in [2.45, 2.75) is 51.4 Å². The van der Waals surface area contributed by atoms with E-state index in [1.54, 1.807) is 0 Å². The third kappa shape index (κ3) is 23.5. The summed E-state index contributed by atoms with van der Waals surface area (Å²) in [6, 6.07) is 82.3. The highest BCUT2D eigenvalue weighted by Gasteiger charge is 2.27. The van der Waals surface area contributed by atoms with E-state index in [0.717, 1.165) is 142 Å². The van der Waals surface area contributed by atoms with E-state index in [9.17, 15) is 17.3 Å². The van der Waals surface area contributed by atoms with Crippen molar-refractivity contribution < 1.29 is 92.8 Å². The molecular formula is C96H72B4F4O16. The molecule has 24 rings (SSSR count). The Balaban J connectivity index is 0.000000115. The zero-order valence-corrected chi connectivity index (χ0v) is 64.3. The molecule has 0 atom stereocenters. The van der Waals surface area contributed by atoms with Crippen LogP contribution in [-0.4, -0.2) is 29.6 Å². The smallest absolute Gasteiger partial charge is 0.360 e. The zero-order valence-electron chi connectivity index (χ0n) is 64.3. The summed E-state index contributed by atoms with van der Waals surface area (Å²) in [5.74, 6) is 8.66. The molecule has 24 heteroatoms. The highest BCUT2D eigenvalue weighted by Crippen LogP contribution is 2.33. The van der Waals surface area contributed by atoms with E-state index in [0.29, 0.717) is 0 Å². The Morgan fingerprint density at radius 1 is 0.175 bits per heavy atom. The highest BCUT2D eigenvalue weighted by molar-refractivity contribution is 6.28. The van der Waals surface area contributed by atoms with Crippen LogP contribution in [0.2, 0.25) is 0 Å². The van der Waals surface area contributed by atoms with Crippen LogP contribution >= 0.6 is 0 Å². The molecule has 0 fully saturated rings. The summed E-state index contributed by atoms with van der Waals surface area (Å²) >= 11 is 0. The van der Waals surface area contributed by atoms with Gasteiger partial charge in [0.25, 0.3) is 0 Å². The van der Waals surface area contributed by atoms with Crippen molar-refractivity contribution in [3.8, 4) is 0 Å². The van der Waals surface area contributed by atoms with Crippen LogP contribution in [0.5, 0.6) is 0 Å². The molecule has 0 N–H and O–H groups in total. The molecule has 592 valence electrons. The van der Waals surface area contributed by atoms with Gasteiger partial charge in [-0.2, -0.15) is 0 Å². The van der Waals surface area contributed by atoms with E-state index in [1.165, 1.54) is 87.6 Å². The summed E-state index contributed by atoms with van der Waals surface area (Å²) in [6.45, 7) is 0. The molecule has 0 saturated carbocycles. The fraction of sp³-hybridized carbons (Fsp3) is 0.0833. The average Bonchev–Trinajstić information content (AvgIpc) is 1.64. The molecule has 8 aromatic heterocycles. The minimum atomic E-state index is -3.17. The van der Waals surface area contributed by atoms with E-state index < -0.39 is 29.6 Å². The quantitative estimate of drug-likeness (QED) is 0.0775. The standard InChI is InChI=1S/8C12H9O.4BFO2/c8*1-2-6-11-9(4-1)8-10-5-3-7-12(10)13-11;4*2-1(3)4/h8*1-6,8H,7H2;;;;/q8*+1;4*-2. The minimum absolute atomic E-state index is 0.931. The maximum atomic E-state index is 9.89. The lowest BCUT2D eigenvalue weighted by Gasteiger charge is -2.09. The zero-order chi connectivity index (χ0) is 83.7. The normalized spacial score (nSPS) is 12.6. The molecule has 16 aromatic rings. The molecule has 8 aromatic carbocycles. The summed E-state index contributed by atoms with van der Waals surface area (Å²) in [4.78, 5) is 0. The predicted octanol–water partition coefficient (Wildman–Crippen LogP) is 16.9. The van der Waals surface area contributed by atoms with Gasteiger partial charge in [0.15, 0.2) is 0 Å². The molecule has 16 nitrogen and oxygen atoms in total. The van der Waals surface area contributed by atoms with E-state index in [2.05, 4.69) is 194 Å². The largest absolute Gasteiger partial charge is 0.867 e. The second-order valence-corrected chi connectivity index (χ2v) is 27.3. The van der Waals surface area contributed by atoms with Gasteiger partial charge < -0.3 is 57.5 Å². The Morgan fingerprint density at radius 3 is 0.383 bits per heavy atom. The number of para-hydroxylation sites is 8. The van der Waals surface area contributed by atoms with Crippen LogP contribution in [0.15, 0.2) is 327 Å². The highest BCUT2D eigenvalue weighted by atomic mass is 19.1. The average molecular weight is 1600 g/mol. The van der Waals surface area contributed by atoms with Gasteiger partial charge >= 0.3 is 90.7 Å². The molecule has 0 amide bonds. The maximum absolute atomic E-state index is 9.89. The van der Waals surface area contributed by atoms with Crippen LogP contribution in [0.1, 0.15) is 90.6 Å². The number of hydrogen-bond donors (Lipinski definition) is 0. The van der Waals surface area contributed by atoms with Gasteiger partial charge in [-0.15, -0.1) is 0 Å². The molecule has 0 spiro atoms. The van der Waals surface area contributed by atoms with Crippen LogP contribution in [-0.2, 0) is 51.4 Å². The summed E-state index contributed by atoms with van der Waals surface area (Å²) in [5.41, 5.74) is 17.6. The van der Waals surface area contributed by atoms with Crippen molar-refractivity contribution in [1.29, 1.82) is 0 Å². The Bertz CT molecular complexity index is 5400. The Labute approximate surface area is 688 Å². The number of allylic oxidation sites excluding steroid dienone is 8. The van der Waals surface area contributed by atoms with Crippen LogP contribution in [0, 0.1) is 0 Å².